The van der Waals surface area contributed by atoms with Crippen LogP contribution in [0.25, 0.3) is 6.08 Å². The fourth-order valence-electron chi connectivity index (χ4n) is 3.40. The first-order valence-corrected chi connectivity index (χ1v) is 12.7. The number of carbonyl (C=O) groups is 2. The number of thioether (sulfide) groups is 1. The van der Waals surface area contributed by atoms with E-state index in [1.165, 1.54) is 17.0 Å². The summed E-state index contributed by atoms with van der Waals surface area (Å²) in [7, 11) is 0. The van der Waals surface area contributed by atoms with Crippen molar-refractivity contribution < 1.29 is 23.5 Å². The van der Waals surface area contributed by atoms with Gasteiger partial charge in [-0.2, -0.15) is 0 Å². The number of benzene rings is 3. The van der Waals surface area contributed by atoms with Gasteiger partial charge in [-0.25, -0.2) is 4.39 Å². The van der Waals surface area contributed by atoms with Gasteiger partial charge >= 0.3 is 0 Å². The summed E-state index contributed by atoms with van der Waals surface area (Å²) in [4.78, 5) is 27.0. The van der Waals surface area contributed by atoms with E-state index >= 15 is 0 Å². The van der Waals surface area contributed by atoms with Crippen molar-refractivity contribution in [2.24, 2.45) is 0 Å². The topological polar surface area (TPSA) is 55.8 Å². The maximum absolute atomic E-state index is 13.2. The van der Waals surface area contributed by atoms with E-state index in [9.17, 15) is 14.0 Å². The average molecular weight is 577 g/mol. The van der Waals surface area contributed by atoms with Gasteiger partial charge in [-0.1, -0.05) is 41.9 Å². The van der Waals surface area contributed by atoms with E-state index in [0.717, 1.165) is 17.3 Å². The molecule has 2 amide bonds. The van der Waals surface area contributed by atoms with E-state index in [4.69, 9.17) is 21.1 Å². The molecule has 0 atom stereocenters. The van der Waals surface area contributed by atoms with Gasteiger partial charge in [0.1, 0.15) is 12.4 Å². The molecule has 1 heterocycles. The standard InChI is InChI=1S/C26H20BrClFNO4S/c1-2-33-22-12-17(11-20(27)24(22)34-15-16-7-9-19(29)10-8-16)13-23-25(31)30(26(32)35-23)14-18-5-3-4-6-21(18)28/h3-13H,2,14-15H2,1H3/b23-13-. The van der Waals surface area contributed by atoms with Crippen molar-refractivity contribution in [1.29, 1.82) is 0 Å². The molecule has 0 unspecified atom stereocenters. The fraction of sp³-hybridized carbons (Fsp3) is 0.154. The average Bonchev–Trinajstić information content (AvgIpc) is 3.08. The number of halogens is 3. The van der Waals surface area contributed by atoms with Crippen LogP contribution in [0.1, 0.15) is 23.6 Å². The Morgan fingerprint density at radius 2 is 1.83 bits per heavy atom. The SMILES string of the molecule is CCOc1cc(/C=C2\SC(=O)N(Cc3ccccc3Cl)C2=O)cc(Br)c1OCc1ccc(F)cc1. The predicted octanol–water partition coefficient (Wildman–Crippen LogP) is 7.46. The first kappa shape index (κ1) is 25.3. The lowest BCUT2D eigenvalue weighted by molar-refractivity contribution is -0.123. The zero-order valence-electron chi connectivity index (χ0n) is 18.6. The van der Waals surface area contributed by atoms with Crippen LogP contribution in [0, 0.1) is 5.82 Å². The highest BCUT2D eigenvalue weighted by Gasteiger charge is 2.35. The van der Waals surface area contributed by atoms with Crippen LogP contribution in [0.4, 0.5) is 9.18 Å². The Morgan fingerprint density at radius 1 is 1.09 bits per heavy atom. The van der Waals surface area contributed by atoms with Crippen molar-refractivity contribution in [3.63, 3.8) is 0 Å². The van der Waals surface area contributed by atoms with E-state index in [2.05, 4.69) is 15.9 Å². The van der Waals surface area contributed by atoms with Gasteiger partial charge < -0.3 is 9.47 Å². The second-order valence-corrected chi connectivity index (χ2v) is 9.79. The molecule has 0 bridgehead atoms. The summed E-state index contributed by atoms with van der Waals surface area (Å²) in [6.07, 6.45) is 1.65. The van der Waals surface area contributed by atoms with Crippen molar-refractivity contribution in [2.75, 3.05) is 6.61 Å². The summed E-state index contributed by atoms with van der Waals surface area (Å²) in [6.45, 7) is 2.58. The van der Waals surface area contributed by atoms with Gasteiger partial charge in [0.05, 0.1) is 22.5 Å². The molecule has 0 aromatic heterocycles. The van der Waals surface area contributed by atoms with Crippen LogP contribution in [0.15, 0.2) is 70.0 Å². The summed E-state index contributed by atoms with van der Waals surface area (Å²) in [5, 5.41) is 0.140. The molecule has 0 saturated carbocycles. The molecule has 180 valence electrons. The highest BCUT2D eigenvalue weighted by atomic mass is 79.9. The second kappa shape index (κ2) is 11.3. The normalized spacial score (nSPS) is 14.6. The Kier molecular flexibility index (Phi) is 8.15. The van der Waals surface area contributed by atoms with Crippen LogP contribution in [-0.4, -0.2) is 22.7 Å². The zero-order chi connectivity index (χ0) is 24.9. The number of hydrogen-bond donors (Lipinski definition) is 0. The second-order valence-electron chi connectivity index (χ2n) is 7.54. The molecule has 0 radical (unpaired) electrons. The molecule has 4 rings (SSSR count). The highest BCUT2D eigenvalue weighted by molar-refractivity contribution is 9.10. The highest BCUT2D eigenvalue weighted by Crippen LogP contribution is 2.40. The Labute approximate surface area is 220 Å². The fourth-order valence-corrected chi connectivity index (χ4v) is 5.00. The number of amides is 2. The Bertz CT molecular complexity index is 1300. The monoisotopic (exact) mass is 575 g/mol. The number of rotatable bonds is 8. The number of hydrogen-bond acceptors (Lipinski definition) is 5. The lowest BCUT2D eigenvalue weighted by Gasteiger charge is -2.15. The minimum Gasteiger partial charge on any atom is -0.490 e. The summed E-state index contributed by atoms with van der Waals surface area (Å²) in [5.74, 6) is 0.266. The predicted molar refractivity (Wildman–Crippen MR) is 139 cm³/mol. The molecule has 1 aliphatic heterocycles. The molecule has 35 heavy (non-hydrogen) atoms. The number of carbonyl (C=O) groups excluding carboxylic acids is 2. The lowest BCUT2D eigenvalue weighted by atomic mass is 10.1. The Morgan fingerprint density at radius 3 is 2.54 bits per heavy atom. The number of imide groups is 1. The number of nitrogens with zero attached hydrogens (tertiary/aromatic N) is 1. The lowest BCUT2D eigenvalue weighted by Crippen LogP contribution is -2.27. The molecule has 9 heteroatoms. The van der Waals surface area contributed by atoms with Crippen LogP contribution < -0.4 is 9.47 Å². The molecular weight excluding hydrogens is 557 g/mol. The molecule has 5 nitrogen and oxygen atoms in total. The van der Waals surface area contributed by atoms with Crippen molar-refractivity contribution in [1.82, 2.24) is 4.90 Å². The molecule has 0 N–H and O–H groups in total. The van der Waals surface area contributed by atoms with Crippen LogP contribution in [0.5, 0.6) is 11.5 Å². The Hall–Kier alpha value is -2.81. The van der Waals surface area contributed by atoms with Gasteiger partial charge in [0.2, 0.25) is 0 Å². The van der Waals surface area contributed by atoms with Crippen molar-refractivity contribution in [3.8, 4) is 11.5 Å². The molecular formula is C26H20BrClFNO4S. The van der Waals surface area contributed by atoms with Gasteiger partial charge in [0, 0.05) is 5.02 Å². The van der Waals surface area contributed by atoms with Gasteiger partial charge in [-0.3, -0.25) is 14.5 Å². The molecule has 1 saturated heterocycles. The minimum absolute atomic E-state index is 0.103. The van der Waals surface area contributed by atoms with Crippen molar-refractivity contribution in [2.45, 2.75) is 20.1 Å². The molecule has 1 fully saturated rings. The van der Waals surface area contributed by atoms with Gasteiger partial charge in [-0.05, 0) is 87.7 Å². The first-order chi connectivity index (χ1) is 16.9. The molecule has 3 aromatic rings. The molecule has 0 spiro atoms. The third-order valence-electron chi connectivity index (χ3n) is 5.09. The first-order valence-electron chi connectivity index (χ1n) is 10.7. The molecule has 0 aliphatic carbocycles. The van der Waals surface area contributed by atoms with E-state index in [1.807, 2.05) is 13.0 Å². The zero-order valence-corrected chi connectivity index (χ0v) is 21.8. The smallest absolute Gasteiger partial charge is 0.293 e. The van der Waals surface area contributed by atoms with E-state index < -0.39 is 0 Å². The minimum atomic E-state index is -0.384. The van der Waals surface area contributed by atoms with E-state index in [0.29, 0.717) is 43.6 Å². The van der Waals surface area contributed by atoms with Gasteiger partial charge in [0.15, 0.2) is 11.5 Å². The number of ether oxygens (including phenoxy) is 2. The van der Waals surface area contributed by atoms with E-state index in [-0.39, 0.29) is 30.1 Å². The van der Waals surface area contributed by atoms with Crippen LogP contribution >= 0.6 is 39.3 Å². The summed E-state index contributed by atoms with van der Waals surface area (Å²) < 4.78 is 25.5. The van der Waals surface area contributed by atoms with Crippen molar-refractivity contribution in [3.05, 3.63) is 97.6 Å². The van der Waals surface area contributed by atoms with Crippen LogP contribution in [0.2, 0.25) is 5.02 Å². The molecule has 1 aliphatic rings. The third-order valence-corrected chi connectivity index (χ3v) is 6.95. The van der Waals surface area contributed by atoms with Crippen LogP contribution in [0.3, 0.4) is 0 Å². The van der Waals surface area contributed by atoms with Crippen molar-refractivity contribution >= 4 is 56.5 Å². The van der Waals surface area contributed by atoms with Gasteiger partial charge in [0.25, 0.3) is 11.1 Å². The van der Waals surface area contributed by atoms with Gasteiger partial charge in [-0.15, -0.1) is 0 Å². The maximum Gasteiger partial charge on any atom is 0.293 e. The third kappa shape index (κ3) is 6.07. The summed E-state index contributed by atoms with van der Waals surface area (Å²) in [6, 6.07) is 16.7. The quantitative estimate of drug-likeness (QED) is 0.261. The molecule has 3 aromatic carbocycles. The Balaban J connectivity index is 1.55. The summed E-state index contributed by atoms with van der Waals surface area (Å²) in [5.41, 5.74) is 2.16. The maximum atomic E-state index is 13.2. The van der Waals surface area contributed by atoms with E-state index in [1.54, 1.807) is 48.5 Å². The van der Waals surface area contributed by atoms with Crippen LogP contribution in [-0.2, 0) is 17.9 Å². The largest absolute Gasteiger partial charge is 0.490 e. The summed E-state index contributed by atoms with van der Waals surface area (Å²) >= 11 is 10.6.